The predicted octanol–water partition coefficient (Wildman–Crippen LogP) is 3.19. The number of rotatable bonds is 5. The lowest BCUT2D eigenvalue weighted by Crippen LogP contribution is -2.30. The van der Waals surface area contributed by atoms with Crippen LogP contribution in [0.2, 0.25) is 0 Å². The Bertz CT molecular complexity index is 1210. The number of nitrogens with one attached hydrogen (secondary N) is 1. The number of carbonyl (C=O) groups excluding carboxylic acids is 2. The summed E-state index contributed by atoms with van der Waals surface area (Å²) < 4.78 is 33.3. The van der Waals surface area contributed by atoms with E-state index in [1.165, 1.54) is 19.1 Å². The Hall–Kier alpha value is -3.62. The molecule has 0 fully saturated rings. The largest absolute Gasteiger partial charge is 0.449 e. The van der Waals surface area contributed by atoms with Crippen molar-refractivity contribution in [3.8, 4) is 0 Å². The molecule has 0 saturated carbocycles. The predicted molar refractivity (Wildman–Crippen MR) is 106 cm³/mol. The van der Waals surface area contributed by atoms with Gasteiger partial charge in [0.2, 0.25) is 0 Å². The molecule has 30 heavy (non-hydrogen) atoms. The van der Waals surface area contributed by atoms with Crippen molar-refractivity contribution in [2.45, 2.75) is 33.4 Å². The first-order valence-electron chi connectivity index (χ1n) is 9.19. The Morgan fingerprint density at radius 2 is 1.93 bits per heavy atom. The molecule has 1 heterocycles. The van der Waals surface area contributed by atoms with E-state index in [4.69, 9.17) is 4.74 Å². The van der Waals surface area contributed by atoms with Crippen molar-refractivity contribution in [2.24, 2.45) is 0 Å². The second-order valence-electron chi connectivity index (χ2n) is 6.61. The van der Waals surface area contributed by atoms with E-state index in [2.05, 4.69) is 10.3 Å². The maximum atomic E-state index is 13.7. The van der Waals surface area contributed by atoms with Crippen LogP contribution in [-0.2, 0) is 16.1 Å². The molecule has 2 aromatic carbocycles. The number of hydrogen-bond donors (Lipinski definition) is 1. The number of ether oxygens (including phenoxy) is 1. The van der Waals surface area contributed by atoms with Crippen LogP contribution in [0.1, 0.15) is 29.9 Å². The summed E-state index contributed by atoms with van der Waals surface area (Å²) in [6.45, 7) is 5.18. The Morgan fingerprint density at radius 3 is 2.60 bits per heavy atom. The van der Waals surface area contributed by atoms with E-state index in [-0.39, 0.29) is 16.8 Å². The lowest BCUT2D eigenvalue weighted by atomic mass is 10.2. The standard InChI is InChI=1S/C21H19F2N3O4/c1-4-26-18-8-5-13(9-17(18)24-11(2)20(26)28)21(29)30-12(3)19(27)25-16-7-6-14(22)10-15(16)23/h5-10,12H,4H2,1-3H3,(H,25,27)/t12-/m0/s1. The van der Waals surface area contributed by atoms with Gasteiger partial charge >= 0.3 is 5.97 Å². The number of nitrogens with zero attached hydrogens (tertiary/aromatic N) is 2. The third-order valence-electron chi connectivity index (χ3n) is 4.50. The first kappa shape index (κ1) is 21.1. The number of anilines is 1. The van der Waals surface area contributed by atoms with Crippen molar-refractivity contribution in [1.82, 2.24) is 9.55 Å². The maximum Gasteiger partial charge on any atom is 0.338 e. The van der Waals surface area contributed by atoms with Gasteiger partial charge in [-0.15, -0.1) is 0 Å². The number of esters is 1. The van der Waals surface area contributed by atoms with E-state index >= 15 is 0 Å². The fourth-order valence-electron chi connectivity index (χ4n) is 2.92. The van der Waals surface area contributed by atoms with Gasteiger partial charge in [0.15, 0.2) is 6.10 Å². The van der Waals surface area contributed by atoms with Gasteiger partial charge in [-0.3, -0.25) is 9.59 Å². The zero-order valence-electron chi connectivity index (χ0n) is 16.5. The number of carbonyl (C=O) groups is 2. The molecule has 1 N–H and O–H groups in total. The van der Waals surface area contributed by atoms with Gasteiger partial charge in [-0.1, -0.05) is 0 Å². The van der Waals surface area contributed by atoms with E-state index in [0.717, 1.165) is 12.1 Å². The van der Waals surface area contributed by atoms with Gasteiger partial charge in [0.1, 0.15) is 17.3 Å². The quantitative estimate of drug-likeness (QED) is 0.647. The lowest BCUT2D eigenvalue weighted by Gasteiger charge is -2.14. The van der Waals surface area contributed by atoms with Gasteiger partial charge < -0.3 is 14.6 Å². The number of fused-ring (bicyclic) bond motifs is 1. The molecular weight excluding hydrogens is 396 g/mol. The average molecular weight is 415 g/mol. The number of hydrogen-bond acceptors (Lipinski definition) is 5. The molecule has 1 aromatic heterocycles. The minimum Gasteiger partial charge on any atom is -0.449 e. The summed E-state index contributed by atoms with van der Waals surface area (Å²) in [4.78, 5) is 41.0. The number of halogens is 2. The van der Waals surface area contributed by atoms with E-state index in [0.29, 0.717) is 29.3 Å². The molecule has 0 aliphatic rings. The summed E-state index contributed by atoms with van der Waals surface area (Å²) in [6.07, 6.45) is -1.24. The van der Waals surface area contributed by atoms with Crippen molar-refractivity contribution in [3.63, 3.8) is 0 Å². The highest BCUT2D eigenvalue weighted by atomic mass is 19.1. The highest BCUT2D eigenvalue weighted by molar-refractivity contribution is 5.98. The van der Waals surface area contributed by atoms with Crippen molar-refractivity contribution >= 4 is 28.6 Å². The second kappa shape index (κ2) is 8.40. The van der Waals surface area contributed by atoms with Crippen molar-refractivity contribution in [3.05, 3.63) is 69.6 Å². The summed E-state index contributed by atoms with van der Waals surface area (Å²) >= 11 is 0. The van der Waals surface area contributed by atoms with Crippen LogP contribution in [0.3, 0.4) is 0 Å². The van der Waals surface area contributed by atoms with Crippen LogP contribution in [0.4, 0.5) is 14.5 Å². The van der Waals surface area contributed by atoms with E-state index in [9.17, 15) is 23.2 Å². The minimum absolute atomic E-state index is 0.142. The molecule has 0 saturated heterocycles. The number of amides is 1. The zero-order chi connectivity index (χ0) is 22.0. The Balaban J connectivity index is 1.77. The van der Waals surface area contributed by atoms with Gasteiger partial charge in [-0.2, -0.15) is 0 Å². The first-order valence-corrected chi connectivity index (χ1v) is 9.19. The zero-order valence-corrected chi connectivity index (χ0v) is 16.5. The third kappa shape index (κ3) is 4.19. The number of benzene rings is 2. The summed E-state index contributed by atoms with van der Waals surface area (Å²) in [5.74, 6) is -3.28. The smallest absolute Gasteiger partial charge is 0.338 e. The second-order valence-corrected chi connectivity index (χ2v) is 6.61. The van der Waals surface area contributed by atoms with E-state index in [1.807, 2.05) is 6.92 Å². The summed E-state index contributed by atoms with van der Waals surface area (Å²) in [5.41, 5.74) is 1.01. The van der Waals surface area contributed by atoms with Crippen molar-refractivity contribution in [2.75, 3.05) is 5.32 Å². The topological polar surface area (TPSA) is 90.3 Å². The fraction of sp³-hybridized carbons (Fsp3) is 0.238. The van der Waals surface area contributed by atoms with Crippen LogP contribution in [0, 0.1) is 18.6 Å². The summed E-state index contributed by atoms with van der Waals surface area (Å²) in [7, 11) is 0. The molecule has 3 aromatic rings. The molecule has 9 heteroatoms. The molecule has 0 spiro atoms. The van der Waals surface area contributed by atoms with Gasteiger partial charge in [-0.25, -0.2) is 18.6 Å². The molecule has 0 aliphatic heterocycles. The molecule has 1 atom stereocenters. The van der Waals surface area contributed by atoms with Crippen LogP contribution in [0.25, 0.3) is 11.0 Å². The molecule has 156 valence electrons. The summed E-state index contributed by atoms with van der Waals surface area (Å²) in [6, 6.07) is 7.23. The molecule has 0 aliphatic carbocycles. The monoisotopic (exact) mass is 415 g/mol. The lowest BCUT2D eigenvalue weighted by molar-refractivity contribution is -0.123. The Kier molecular flexibility index (Phi) is 5.91. The Labute approximate surface area is 170 Å². The van der Waals surface area contributed by atoms with Crippen molar-refractivity contribution in [1.29, 1.82) is 0 Å². The van der Waals surface area contributed by atoms with Crippen LogP contribution in [0.15, 0.2) is 41.2 Å². The van der Waals surface area contributed by atoms with Gasteiger partial charge in [0.25, 0.3) is 11.5 Å². The summed E-state index contributed by atoms with van der Waals surface area (Å²) in [5, 5.41) is 2.24. The van der Waals surface area contributed by atoms with Crippen molar-refractivity contribution < 1.29 is 23.1 Å². The SMILES string of the molecule is CCn1c(=O)c(C)nc2cc(C(=O)O[C@@H](C)C(=O)Nc3ccc(F)cc3F)ccc21. The van der Waals surface area contributed by atoms with E-state index in [1.54, 1.807) is 17.6 Å². The van der Waals surface area contributed by atoms with Crippen LogP contribution >= 0.6 is 0 Å². The number of aryl methyl sites for hydroxylation is 2. The molecular formula is C21H19F2N3O4. The first-order chi connectivity index (χ1) is 14.2. The molecule has 1 amide bonds. The highest BCUT2D eigenvalue weighted by Gasteiger charge is 2.21. The van der Waals surface area contributed by atoms with Gasteiger partial charge in [-0.05, 0) is 51.1 Å². The average Bonchev–Trinajstić information content (AvgIpc) is 2.70. The fourth-order valence-corrected chi connectivity index (χ4v) is 2.92. The normalized spacial score (nSPS) is 11.9. The Morgan fingerprint density at radius 1 is 1.20 bits per heavy atom. The van der Waals surface area contributed by atoms with Crippen LogP contribution in [-0.4, -0.2) is 27.5 Å². The molecule has 0 radical (unpaired) electrons. The molecule has 3 rings (SSSR count). The van der Waals surface area contributed by atoms with Crippen LogP contribution in [0.5, 0.6) is 0 Å². The minimum atomic E-state index is -1.24. The van der Waals surface area contributed by atoms with Gasteiger partial charge in [0.05, 0.1) is 22.3 Å². The van der Waals surface area contributed by atoms with Gasteiger partial charge in [0, 0.05) is 12.6 Å². The number of aromatic nitrogens is 2. The molecule has 0 unspecified atom stereocenters. The maximum absolute atomic E-state index is 13.7. The van der Waals surface area contributed by atoms with E-state index < -0.39 is 29.6 Å². The molecule has 0 bridgehead atoms. The molecule has 7 nitrogen and oxygen atoms in total. The third-order valence-corrected chi connectivity index (χ3v) is 4.50. The highest BCUT2D eigenvalue weighted by Crippen LogP contribution is 2.17. The van der Waals surface area contributed by atoms with Crippen LogP contribution < -0.4 is 10.9 Å².